The Morgan fingerprint density at radius 3 is 2.25 bits per heavy atom. The van der Waals surface area contributed by atoms with Crippen molar-refractivity contribution >= 4 is 22.6 Å². The Bertz CT molecular complexity index is 705. The Labute approximate surface area is 129 Å². The monoisotopic (exact) mass is 376 g/mol. The quantitative estimate of drug-likeness (QED) is 0.648. The summed E-state index contributed by atoms with van der Waals surface area (Å²) in [6.45, 7) is 0. The number of hydrogen-bond donors (Lipinski definition) is 0. The lowest BCUT2D eigenvalue weighted by atomic mass is 10.2. The van der Waals surface area contributed by atoms with Crippen molar-refractivity contribution in [2.45, 2.75) is 0 Å². The van der Waals surface area contributed by atoms with E-state index in [9.17, 15) is 0 Å². The molecule has 0 atom stereocenters. The molecule has 5 heteroatoms. The van der Waals surface area contributed by atoms with E-state index in [1.165, 1.54) is 3.57 Å². The standard InChI is InChI=1S/C15H11IN2O2/c1-19-13-8-4-11(5-9-13)15-17-14(18-20-15)10-2-6-12(16)7-3-10/h2-9H,1H3/i16-2. The topological polar surface area (TPSA) is 48.2 Å². The highest BCUT2D eigenvalue weighted by Gasteiger charge is 2.10. The van der Waals surface area contributed by atoms with Crippen LogP contribution >= 0.6 is 22.6 Å². The molecule has 0 radical (unpaired) electrons. The van der Waals surface area contributed by atoms with Crippen molar-refractivity contribution < 1.29 is 9.26 Å². The summed E-state index contributed by atoms with van der Waals surface area (Å²) < 4.78 is 11.6. The third-order valence-electron chi connectivity index (χ3n) is 2.87. The summed E-state index contributed by atoms with van der Waals surface area (Å²) in [7, 11) is 1.64. The molecule has 0 spiro atoms. The van der Waals surface area contributed by atoms with Crippen LogP contribution in [-0.2, 0) is 0 Å². The van der Waals surface area contributed by atoms with Crippen LogP contribution in [0.15, 0.2) is 53.1 Å². The first kappa shape index (κ1) is 13.1. The van der Waals surface area contributed by atoms with E-state index in [0.717, 1.165) is 16.9 Å². The zero-order chi connectivity index (χ0) is 13.9. The van der Waals surface area contributed by atoms with E-state index in [1.54, 1.807) is 7.11 Å². The van der Waals surface area contributed by atoms with E-state index in [-0.39, 0.29) is 0 Å². The molecule has 0 bridgehead atoms. The van der Waals surface area contributed by atoms with Gasteiger partial charge in [-0.3, -0.25) is 0 Å². The van der Waals surface area contributed by atoms with E-state index in [0.29, 0.717) is 11.7 Å². The molecule has 4 nitrogen and oxygen atoms in total. The second-order valence-electron chi connectivity index (χ2n) is 4.16. The molecule has 3 rings (SSSR count). The average molecular weight is 376 g/mol. The van der Waals surface area contributed by atoms with Gasteiger partial charge in [0.05, 0.1) is 7.11 Å². The number of nitrogens with zero attached hydrogens (tertiary/aromatic N) is 2. The molecule has 0 amide bonds. The van der Waals surface area contributed by atoms with Gasteiger partial charge in [-0.1, -0.05) is 17.3 Å². The summed E-state index contributed by atoms with van der Waals surface area (Å²) >= 11 is 2.26. The molecular formula is C15H11IN2O2. The average Bonchev–Trinajstić information content (AvgIpc) is 2.98. The zero-order valence-corrected chi connectivity index (χ0v) is 12.9. The molecule has 0 N–H and O–H groups in total. The van der Waals surface area contributed by atoms with Crippen molar-refractivity contribution in [3.63, 3.8) is 0 Å². The van der Waals surface area contributed by atoms with Crippen LogP contribution in [0.2, 0.25) is 0 Å². The number of benzene rings is 2. The zero-order valence-electron chi connectivity index (χ0n) is 10.7. The fourth-order valence-electron chi connectivity index (χ4n) is 1.79. The molecule has 2 aromatic carbocycles. The van der Waals surface area contributed by atoms with Gasteiger partial charge in [-0.25, -0.2) is 0 Å². The van der Waals surface area contributed by atoms with Gasteiger partial charge in [0.15, 0.2) is 0 Å². The minimum atomic E-state index is 0.501. The molecule has 0 fully saturated rings. The van der Waals surface area contributed by atoms with Gasteiger partial charge in [0, 0.05) is 14.7 Å². The fraction of sp³-hybridized carbons (Fsp3) is 0.0667. The second kappa shape index (κ2) is 5.62. The maximum absolute atomic E-state index is 5.31. The number of halogens is 1. The third kappa shape index (κ3) is 2.67. The van der Waals surface area contributed by atoms with Gasteiger partial charge < -0.3 is 9.26 Å². The summed E-state index contributed by atoms with van der Waals surface area (Å²) in [5.41, 5.74) is 1.81. The lowest BCUT2D eigenvalue weighted by Gasteiger charge is -1.98. The first-order valence-electron chi connectivity index (χ1n) is 6.00. The fourth-order valence-corrected chi connectivity index (χ4v) is 2.15. The Morgan fingerprint density at radius 2 is 1.60 bits per heavy atom. The van der Waals surface area contributed by atoms with Gasteiger partial charge in [0.2, 0.25) is 5.82 Å². The van der Waals surface area contributed by atoms with Crippen LogP contribution < -0.4 is 4.74 Å². The summed E-state index contributed by atoms with van der Waals surface area (Å²) in [4.78, 5) is 4.41. The highest BCUT2D eigenvalue weighted by Crippen LogP contribution is 2.24. The van der Waals surface area contributed by atoms with Crippen molar-refractivity contribution in [2.24, 2.45) is 0 Å². The van der Waals surface area contributed by atoms with Crippen LogP contribution in [-0.4, -0.2) is 17.3 Å². The van der Waals surface area contributed by atoms with Crippen molar-refractivity contribution in [3.05, 3.63) is 52.1 Å². The molecule has 0 saturated carbocycles. The van der Waals surface area contributed by atoms with Gasteiger partial charge in [-0.2, -0.15) is 4.98 Å². The Kier molecular flexibility index (Phi) is 3.68. The van der Waals surface area contributed by atoms with Gasteiger partial charge in [0.1, 0.15) is 5.75 Å². The number of methoxy groups -OCH3 is 1. The van der Waals surface area contributed by atoms with E-state index in [1.807, 2.05) is 48.5 Å². The molecule has 100 valence electrons. The van der Waals surface area contributed by atoms with Crippen molar-refractivity contribution in [1.29, 1.82) is 0 Å². The van der Waals surface area contributed by atoms with E-state index >= 15 is 0 Å². The van der Waals surface area contributed by atoms with Gasteiger partial charge in [-0.05, 0) is 59.0 Å². The Hall–Kier alpha value is -1.89. The predicted octanol–water partition coefficient (Wildman–Crippen LogP) is 4.02. The molecule has 0 aliphatic heterocycles. The summed E-state index contributed by atoms with van der Waals surface area (Å²) in [5, 5.41) is 4.02. The van der Waals surface area contributed by atoms with Crippen molar-refractivity contribution in [1.82, 2.24) is 10.1 Å². The number of aromatic nitrogens is 2. The lowest BCUT2D eigenvalue weighted by molar-refractivity contribution is 0.414. The summed E-state index contributed by atoms with van der Waals surface area (Å²) in [6.07, 6.45) is 0. The first-order valence-corrected chi connectivity index (χ1v) is 7.08. The maximum Gasteiger partial charge on any atom is 0.258 e. The lowest BCUT2D eigenvalue weighted by Crippen LogP contribution is -1.83. The normalized spacial score (nSPS) is 10.5. The molecule has 1 aromatic heterocycles. The maximum atomic E-state index is 5.31. The molecule has 0 aliphatic rings. The number of rotatable bonds is 3. The van der Waals surface area contributed by atoms with Crippen LogP contribution in [0.5, 0.6) is 5.75 Å². The summed E-state index contributed by atoms with van der Waals surface area (Å²) in [5.74, 6) is 1.89. The van der Waals surface area contributed by atoms with Crippen LogP contribution in [0.1, 0.15) is 0 Å². The largest absolute Gasteiger partial charge is 0.497 e. The number of hydrogen-bond acceptors (Lipinski definition) is 4. The third-order valence-corrected chi connectivity index (χ3v) is 3.58. The molecule has 20 heavy (non-hydrogen) atoms. The van der Waals surface area contributed by atoms with Crippen molar-refractivity contribution in [2.75, 3.05) is 7.11 Å². The minimum Gasteiger partial charge on any atom is -0.497 e. The van der Waals surface area contributed by atoms with Gasteiger partial charge >= 0.3 is 0 Å². The molecule has 3 aromatic rings. The summed E-state index contributed by atoms with van der Waals surface area (Å²) in [6, 6.07) is 15.5. The van der Waals surface area contributed by atoms with Gasteiger partial charge in [0.25, 0.3) is 5.89 Å². The molecular weight excluding hydrogens is 365 g/mol. The Balaban J connectivity index is 1.91. The van der Waals surface area contributed by atoms with E-state index in [4.69, 9.17) is 9.26 Å². The van der Waals surface area contributed by atoms with E-state index < -0.39 is 0 Å². The molecule has 0 unspecified atom stereocenters. The first-order chi connectivity index (χ1) is 9.76. The van der Waals surface area contributed by atoms with Crippen LogP contribution in [0.4, 0.5) is 0 Å². The molecule has 0 saturated heterocycles. The van der Waals surface area contributed by atoms with E-state index in [2.05, 4.69) is 32.7 Å². The Morgan fingerprint density at radius 1 is 0.950 bits per heavy atom. The number of ether oxygens (including phenoxy) is 1. The SMILES string of the molecule is COc1ccc(-c2nc(-c3ccc([125I])cc3)no2)cc1. The van der Waals surface area contributed by atoms with Crippen LogP contribution in [0, 0.1) is 3.57 Å². The smallest absolute Gasteiger partial charge is 0.258 e. The van der Waals surface area contributed by atoms with Crippen LogP contribution in [0.25, 0.3) is 22.8 Å². The molecule has 0 aliphatic carbocycles. The molecule has 1 heterocycles. The predicted molar refractivity (Wildman–Crippen MR) is 84.4 cm³/mol. The highest BCUT2D eigenvalue weighted by atomic mass is 125. The minimum absolute atomic E-state index is 0.501. The second-order valence-corrected chi connectivity index (χ2v) is 5.40. The van der Waals surface area contributed by atoms with Crippen molar-refractivity contribution in [3.8, 4) is 28.6 Å². The highest BCUT2D eigenvalue weighted by molar-refractivity contribution is 14.1. The van der Waals surface area contributed by atoms with Crippen LogP contribution in [0.3, 0.4) is 0 Å². The van der Waals surface area contributed by atoms with Gasteiger partial charge in [-0.15, -0.1) is 0 Å².